The minimum absolute atomic E-state index is 0.586. The van der Waals surface area contributed by atoms with Gasteiger partial charge in [0, 0.05) is 30.7 Å². The molecular formula is C17H34N2. The fourth-order valence-electron chi connectivity index (χ4n) is 3.09. The van der Waals surface area contributed by atoms with Crippen LogP contribution in [0.25, 0.3) is 0 Å². The van der Waals surface area contributed by atoms with Gasteiger partial charge in [0.2, 0.25) is 0 Å². The minimum Gasteiger partial charge on any atom is -0.310 e. The Hall–Kier alpha value is -0.340. The van der Waals surface area contributed by atoms with E-state index in [0.29, 0.717) is 24.0 Å². The number of likely N-dealkylation sites (tertiary alicyclic amines) is 1. The van der Waals surface area contributed by atoms with Gasteiger partial charge >= 0.3 is 0 Å². The number of nitrogens with one attached hydrogen (secondary N) is 1. The molecule has 2 atom stereocenters. The van der Waals surface area contributed by atoms with Gasteiger partial charge in [-0.3, -0.25) is 4.90 Å². The molecule has 0 aromatic carbocycles. The number of rotatable bonds is 7. The first kappa shape index (κ1) is 16.7. The zero-order valence-electron chi connectivity index (χ0n) is 13.9. The Morgan fingerprint density at radius 2 is 1.84 bits per heavy atom. The zero-order valence-corrected chi connectivity index (χ0v) is 13.9. The second-order valence-corrected chi connectivity index (χ2v) is 7.05. The summed E-state index contributed by atoms with van der Waals surface area (Å²) in [4.78, 5) is 2.67. The summed E-state index contributed by atoms with van der Waals surface area (Å²) in [6, 6.07) is 2.63. The van der Waals surface area contributed by atoms with Crippen LogP contribution in [-0.4, -0.2) is 35.6 Å². The summed E-state index contributed by atoms with van der Waals surface area (Å²) in [6.45, 7) is 19.1. The normalized spacial score (nSPS) is 24.9. The standard InChI is InChI=1S/C17H34N2/c1-12(2)15(7)8-9-17-10-16(18-13(3)4)11-19(17)14(5)6/h12-14,16-18H,7-11H2,1-6H3/t16-,17-/m0/s1. The second-order valence-electron chi connectivity index (χ2n) is 7.05. The van der Waals surface area contributed by atoms with Crippen molar-refractivity contribution in [2.24, 2.45) is 5.92 Å². The van der Waals surface area contributed by atoms with E-state index in [-0.39, 0.29) is 0 Å². The molecule has 0 aromatic heterocycles. The van der Waals surface area contributed by atoms with E-state index in [0.717, 1.165) is 6.04 Å². The zero-order chi connectivity index (χ0) is 14.6. The van der Waals surface area contributed by atoms with Gasteiger partial charge in [0.15, 0.2) is 0 Å². The van der Waals surface area contributed by atoms with Crippen molar-refractivity contribution in [1.29, 1.82) is 0 Å². The van der Waals surface area contributed by atoms with Gasteiger partial charge in [0.05, 0.1) is 0 Å². The van der Waals surface area contributed by atoms with Gasteiger partial charge in [0.1, 0.15) is 0 Å². The molecular weight excluding hydrogens is 232 g/mol. The average Bonchev–Trinajstić information content (AvgIpc) is 2.67. The van der Waals surface area contributed by atoms with Gasteiger partial charge in [-0.05, 0) is 39.0 Å². The quantitative estimate of drug-likeness (QED) is 0.705. The first-order chi connectivity index (χ1) is 8.81. The van der Waals surface area contributed by atoms with Crippen molar-refractivity contribution >= 4 is 0 Å². The molecule has 2 heteroatoms. The molecule has 0 bridgehead atoms. The summed E-state index contributed by atoms with van der Waals surface area (Å²) in [7, 11) is 0. The van der Waals surface area contributed by atoms with E-state index in [1.165, 1.54) is 31.4 Å². The fraction of sp³-hybridized carbons (Fsp3) is 0.882. The molecule has 1 aliphatic heterocycles. The summed E-state index contributed by atoms with van der Waals surface area (Å²) < 4.78 is 0. The molecule has 0 saturated carbocycles. The Bertz CT molecular complexity index is 281. The van der Waals surface area contributed by atoms with E-state index in [4.69, 9.17) is 0 Å². The molecule has 1 fully saturated rings. The predicted molar refractivity (Wildman–Crippen MR) is 85.5 cm³/mol. The van der Waals surface area contributed by atoms with Crippen molar-refractivity contribution < 1.29 is 0 Å². The topological polar surface area (TPSA) is 15.3 Å². The molecule has 0 spiro atoms. The van der Waals surface area contributed by atoms with Gasteiger partial charge in [-0.2, -0.15) is 0 Å². The van der Waals surface area contributed by atoms with E-state index in [2.05, 4.69) is 58.3 Å². The van der Waals surface area contributed by atoms with Gasteiger partial charge < -0.3 is 5.32 Å². The lowest BCUT2D eigenvalue weighted by Gasteiger charge is -2.28. The molecule has 1 aliphatic rings. The fourth-order valence-corrected chi connectivity index (χ4v) is 3.09. The molecule has 2 nitrogen and oxygen atoms in total. The van der Waals surface area contributed by atoms with Gasteiger partial charge in [0.25, 0.3) is 0 Å². The van der Waals surface area contributed by atoms with Crippen LogP contribution in [0.4, 0.5) is 0 Å². The minimum atomic E-state index is 0.586. The van der Waals surface area contributed by atoms with Crippen LogP contribution in [0.15, 0.2) is 12.2 Å². The van der Waals surface area contributed by atoms with Crippen molar-refractivity contribution in [2.75, 3.05) is 6.54 Å². The number of hydrogen-bond donors (Lipinski definition) is 1. The maximum absolute atomic E-state index is 4.22. The van der Waals surface area contributed by atoms with Crippen LogP contribution < -0.4 is 5.32 Å². The third-order valence-corrected chi connectivity index (χ3v) is 4.30. The molecule has 1 saturated heterocycles. The van der Waals surface area contributed by atoms with E-state index < -0.39 is 0 Å². The van der Waals surface area contributed by atoms with Crippen molar-refractivity contribution in [3.8, 4) is 0 Å². The van der Waals surface area contributed by atoms with Gasteiger partial charge in [-0.1, -0.05) is 39.8 Å². The molecule has 0 unspecified atom stereocenters. The van der Waals surface area contributed by atoms with E-state index in [1.54, 1.807) is 0 Å². The third kappa shape index (κ3) is 5.27. The molecule has 0 amide bonds. The Labute approximate surface area is 120 Å². The monoisotopic (exact) mass is 266 g/mol. The summed E-state index contributed by atoms with van der Waals surface area (Å²) >= 11 is 0. The molecule has 0 aliphatic carbocycles. The number of hydrogen-bond acceptors (Lipinski definition) is 2. The molecule has 1 N–H and O–H groups in total. The predicted octanol–water partition coefficient (Wildman–Crippen LogP) is 3.83. The summed E-state index contributed by atoms with van der Waals surface area (Å²) in [5, 5.41) is 3.70. The Morgan fingerprint density at radius 1 is 1.21 bits per heavy atom. The van der Waals surface area contributed by atoms with E-state index in [9.17, 15) is 0 Å². The lowest BCUT2D eigenvalue weighted by molar-refractivity contribution is 0.192. The molecule has 0 aromatic rings. The van der Waals surface area contributed by atoms with Crippen LogP contribution in [0.2, 0.25) is 0 Å². The maximum atomic E-state index is 4.22. The highest BCUT2D eigenvalue weighted by molar-refractivity contribution is 5.00. The highest BCUT2D eigenvalue weighted by Gasteiger charge is 2.33. The maximum Gasteiger partial charge on any atom is 0.0212 e. The molecule has 112 valence electrons. The Morgan fingerprint density at radius 3 is 2.32 bits per heavy atom. The summed E-state index contributed by atoms with van der Waals surface area (Å²) in [5.74, 6) is 0.624. The Kier molecular flexibility index (Phi) is 6.55. The van der Waals surface area contributed by atoms with E-state index >= 15 is 0 Å². The first-order valence-electron chi connectivity index (χ1n) is 8.00. The van der Waals surface area contributed by atoms with Crippen LogP contribution in [0.5, 0.6) is 0 Å². The number of nitrogens with zero attached hydrogens (tertiary/aromatic N) is 1. The van der Waals surface area contributed by atoms with E-state index in [1.807, 2.05) is 0 Å². The highest BCUT2D eigenvalue weighted by atomic mass is 15.2. The van der Waals surface area contributed by atoms with Crippen molar-refractivity contribution in [3.63, 3.8) is 0 Å². The molecule has 1 heterocycles. The Balaban J connectivity index is 2.51. The van der Waals surface area contributed by atoms with Crippen LogP contribution in [0.1, 0.15) is 60.8 Å². The second kappa shape index (κ2) is 7.44. The van der Waals surface area contributed by atoms with Crippen molar-refractivity contribution in [2.45, 2.75) is 85.0 Å². The van der Waals surface area contributed by atoms with Gasteiger partial charge in [-0.15, -0.1) is 0 Å². The smallest absolute Gasteiger partial charge is 0.0212 e. The van der Waals surface area contributed by atoms with Crippen LogP contribution in [0, 0.1) is 5.92 Å². The van der Waals surface area contributed by atoms with Crippen molar-refractivity contribution in [1.82, 2.24) is 10.2 Å². The average molecular weight is 266 g/mol. The van der Waals surface area contributed by atoms with Crippen LogP contribution in [-0.2, 0) is 0 Å². The van der Waals surface area contributed by atoms with Crippen molar-refractivity contribution in [3.05, 3.63) is 12.2 Å². The van der Waals surface area contributed by atoms with Gasteiger partial charge in [-0.25, -0.2) is 0 Å². The highest BCUT2D eigenvalue weighted by Crippen LogP contribution is 2.27. The molecule has 0 radical (unpaired) electrons. The van der Waals surface area contributed by atoms with Crippen LogP contribution >= 0.6 is 0 Å². The largest absolute Gasteiger partial charge is 0.310 e. The first-order valence-corrected chi connectivity index (χ1v) is 8.00. The SMILES string of the molecule is C=C(CC[C@H]1C[C@H](NC(C)C)CN1C(C)C)C(C)C. The third-order valence-electron chi connectivity index (χ3n) is 4.30. The lowest BCUT2D eigenvalue weighted by Crippen LogP contribution is -2.39. The summed E-state index contributed by atoms with van der Waals surface area (Å²) in [6.07, 6.45) is 3.74. The molecule has 1 rings (SSSR count). The number of allylic oxidation sites excluding steroid dienone is 1. The molecule has 19 heavy (non-hydrogen) atoms. The summed E-state index contributed by atoms with van der Waals surface area (Å²) in [5.41, 5.74) is 1.41. The van der Waals surface area contributed by atoms with Crippen LogP contribution in [0.3, 0.4) is 0 Å². The lowest BCUT2D eigenvalue weighted by atomic mass is 9.96.